The van der Waals surface area contributed by atoms with Crippen molar-refractivity contribution in [3.05, 3.63) is 70.4 Å². The fraction of sp³-hybridized carbons (Fsp3) is 0.188. The molecule has 0 bridgehead atoms. The van der Waals surface area contributed by atoms with E-state index in [4.69, 9.17) is 0 Å². The minimum Gasteiger partial charge on any atom is -0.260 e. The molecule has 0 atom stereocenters. The molecule has 1 aliphatic heterocycles. The third kappa shape index (κ3) is 3.04. The first-order chi connectivity index (χ1) is 10.0. The van der Waals surface area contributed by atoms with Crippen LogP contribution in [0, 0.1) is 6.92 Å². The molecule has 5 heteroatoms. The van der Waals surface area contributed by atoms with E-state index in [1.54, 1.807) is 12.3 Å². The first-order valence-electron chi connectivity index (χ1n) is 6.72. The lowest BCUT2D eigenvalue weighted by Crippen LogP contribution is -2.23. The summed E-state index contributed by atoms with van der Waals surface area (Å²) in [5, 5.41) is 1.27. The normalized spacial score (nSPS) is 15.5. The molecule has 2 heterocycles. The van der Waals surface area contributed by atoms with Crippen molar-refractivity contribution in [2.24, 2.45) is 0 Å². The second-order valence-electron chi connectivity index (χ2n) is 5.14. The predicted molar refractivity (Wildman–Crippen MR) is 82.6 cm³/mol. The number of hydrogen-bond donors (Lipinski definition) is 0. The molecule has 21 heavy (non-hydrogen) atoms. The van der Waals surface area contributed by atoms with Gasteiger partial charge in [0.05, 0.1) is 12.2 Å². The molecular formula is C16H16N2O2S. The number of pyridine rings is 1. The molecule has 1 aromatic heterocycles. The zero-order chi connectivity index (χ0) is 14.9. The minimum atomic E-state index is -3.42. The van der Waals surface area contributed by atoms with Crippen LogP contribution in [0.1, 0.15) is 22.4 Å². The summed E-state index contributed by atoms with van der Waals surface area (Å²) in [5.74, 6) is 0. The van der Waals surface area contributed by atoms with Crippen molar-refractivity contribution in [1.29, 1.82) is 0 Å². The van der Waals surface area contributed by atoms with E-state index >= 15 is 0 Å². The molecule has 108 valence electrons. The lowest BCUT2D eigenvalue weighted by molar-refractivity contribution is 0.437. The van der Waals surface area contributed by atoms with Crippen molar-refractivity contribution in [3.63, 3.8) is 0 Å². The molecule has 4 nitrogen and oxygen atoms in total. The number of aryl methyl sites for hydroxylation is 1. The second kappa shape index (κ2) is 5.42. The van der Waals surface area contributed by atoms with Gasteiger partial charge in [0.1, 0.15) is 0 Å². The van der Waals surface area contributed by atoms with Crippen LogP contribution in [0.5, 0.6) is 0 Å². The molecule has 0 fully saturated rings. The van der Waals surface area contributed by atoms with Crippen molar-refractivity contribution in [1.82, 2.24) is 9.29 Å². The van der Waals surface area contributed by atoms with Crippen LogP contribution in [-0.4, -0.2) is 17.7 Å². The highest BCUT2D eigenvalue weighted by Gasteiger charge is 2.27. The number of hydrogen-bond acceptors (Lipinski definition) is 3. The molecule has 1 aliphatic rings. The van der Waals surface area contributed by atoms with Gasteiger partial charge in [0.2, 0.25) is 10.0 Å². The van der Waals surface area contributed by atoms with Gasteiger partial charge in [0.25, 0.3) is 0 Å². The van der Waals surface area contributed by atoms with E-state index in [0.29, 0.717) is 13.1 Å². The van der Waals surface area contributed by atoms with E-state index in [0.717, 1.165) is 22.4 Å². The molecule has 0 saturated heterocycles. The van der Waals surface area contributed by atoms with Crippen molar-refractivity contribution < 1.29 is 8.42 Å². The summed E-state index contributed by atoms with van der Waals surface area (Å²) in [4.78, 5) is 4.22. The Hall–Kier alpha value is -1.98. The van der Waals surface area contributed by atoms with Crippen molar-refractivity contribution >= 4 is 16.1 Å². The van der Waals surface area contributed by atoms with Crippen LogP contribution in [0.25, 0.3) is 6.08 Å². The summed E-state index contributed by atoms with van der Waals surface area (Å²) in [6.45, 7) is 2.74. The lowest BCUT2D eigenvalue weighted by Gasteiger charge is -2.11. The Morgan fingerprint density at radius 1 is 1.14 bits per heavy atom. The molecule has 0 spiro atoms. The second-order valence-corrected chi connectivity index (χ2v) is 6.95. The van der Waals surface area contributed by atoms with Crippen LogP contribution in [0.15, 0.2) is 48.0 Å². The molecule has 0 radical (unpaired) electrons. The summed E-state index contributed by atoms with van der Waals surface area (Å²) in [7, 11) is -3.42. The highest BCUT2D eigenvalue weighted by atomic mass is 32.2. The third-order valence-electron chi connectivity index (χ3n) is 3.53. The summed E-state index contributed by atoms with van der Waals surface area (Å²) in [6, 6.07) is 11.5. The van der Waals surface area contributed by atoms with Crippen molar-refractivity contribution in [2.45, 2.75) is 20.0 Å². The van der Waals surface area contributed by atoms with Gasteiger partial charge in [-0.2, -0.15) is 4.31 Å². The zero-order valence-corrected chi connectivity index (χ0v) is 12.5. The Bertz CT molecular complexity index is 755. The highest BCUT2D eigenvalue weighted by Crippen LogP contribution is 2.24. The monoisotopic (exact) mass is 300 g/mol. The molecule has 0 unspecified atom stereocenters. The Morgan fingerprint density at radius 2 is 1.90 bits per heavy atom. The maximum atomic E-state index is 12.4. The van der Waals surface area contributed by atoms with E-state index in [9.17, 15) is 8.42 Å². The molecule has 2 aromatic rings. The Labute approximate surface area is 124 Å². The number of nitrogens with zero attached hydrogens (tertiary/aromatic N) is 2. The standard InChI is InChI=1S/C16H16N2O2S/c1-13-4-6-14(7-5-13)8-10-21(19,20)18-11-15-3-2-9-17-16(15)12-18/h2-10H,11-12H2,1H3/b10-8+. The predicted octanol–water partition coefficient (Wildman–Crippen LogP) is 2.71. The molecule has 1 aromatic carbocycles. The van der Waals surface area contributed by atoms with Gasteiger partial charge in [0, 0.05) is 18.1 Å². The van der Waals surface area contributed by atoms with Gasteiger partial charge in [-0.25, -0.2) is 8.42 Å². The lowest BCUT2D eigenvalue weighted by atomic mass is 10.2. The summed E-state index contributed by atoms with van der Waals surface area (Å²) >= 11 is 0. The van der Waals surface area contributed by atoms with E-state index in [1.807, 2.05) is 43.3 Å². The van der Waals surface area contributed by atoms with E-state index < -0.39 is 10.0 Å². The van der Waals surface area contributed by atoms with Gasteiger partial charge >= 0.3 is 0 Å². The number of fused-ring (bicyclic) bond motifs is 1. The molecule has 0 amide bonds. The van der Waals surface area contributed by atoms with Crippen LogP contribution >= 0.6 is 0 Å². The molecule has 3 rings (SSSR count). The number of rotatable bonds is 3. The topological polar surface area (TPSA) is 50.3 Å². The van der Waals surface area contributed by atoms with Gasteiger partial charge in [-0.3, -0.25) is 4.98 Å². The van der Waals surface area contributed by atoms with Crippen LogP contribution in [0.3, 0.4) is 0 Å². The van der Waals surface area contributed by atoms with E-state index in [2.05, 4.69) is 4.98 Å². The molecular weight excluding hydrogens is 284 g/mol. The Morgan fingerprint density at radius 3 is 2.62 bits per heavy atom. The van der Waals surface area contributed by atoms with E-state index in [1.165, 1.54) is 9.71 Å². The number of aromatic nitrogens is 1. The molecule has 0 saturated carbocycles. The summed E-state index contributed by atoms with van der Waals surface area (Å²) in [6.07, 6.45) is 3.32. The maximum Gasteiger partial charge on any atom is 0.236 e. The average molecular weight is 300 g/mol. The van der Waals surface area contributed by atoms with Gasteiger partial charge in [-0.05, 0) is 30.2 Å². The third-order valence-corrected chi connectivity index (χ3v) is 4.99. The summed E-state index contributed by atoms with van der Waals surface area (Å²) < 4.78 is 26.1. The van der Waals surface area contributed by atoms with Crippen molar-refractivity contribution in [2.75, 3.05) is 0 Å². The quantitative estimate of drug-likeness (QED) is 0.875. The van der Waals surface area contributed by atoms with Crippen LogP contribution in [0.2, 0.25) is 0 Å². The Balaban J connectivity index is 1.78. The maximum absolute atomic E-state index is 12.4. The molecule has 0 aliphatic carbocycles. The highest BCUT2D eigenvalue weighted by molar-refractivity contribution is 7.92. The van der Waals surface area contributed by atoms with E-state index in [-0.39, 0.29) is 0 Å². The van der Waals surface area contributed by atoms with Crippen LogP contribution < -0.4 is 0 Å². The fourth-order valence-electron chi connectivity index (χ4n) is 2.28. The van der Waals surface area contributed by atoms with Crippen LogP contribution in [-0.2, 0) is 23.1 Å². The average Bonchev–Trinajstić information content (AvgIpc) is 2.91. The number of benzene rings is 1. The minimum absolute atomic E-state index is 0.344. The van der Waals surface area contributed by atoms with Gasteiger partial charge in [-0.1, -0.05) is 35.9 Å². The number of sulfonamides is 1. The smallest absolute Gasteiger partial charge is 0.236 e. The largest absolute Gasteiger partial charge is 0.260 e. The fourth-order valence-corrected chi connectivity index (χ4v) is 3.40. The van der Waals surface area contributed by atoms with Gasteiger partial charge < -0.3 is 0 Å². The van der Waals surface area contributed by atoms with Crippen LogP contribution in [0.4, 0.5) is 0 Å². The Kier molecular flexibility index (Phi) is 3.61. The molecule has 0 N–H and O–H groups in total. The van der Waals surface area contributed by atoms with Gasteiger partial charge in [0.15, 0.2) is 0 Å². The summed E-state index contributed by atoms with van der Waals surface area (Å²) in [5.41, 5.74) is 3.84. The SMILES string of the molecule is Cc1ccc(/C=C/S(=O)(=O)N2Cc3cccnc3C2)cc1. The van der Waals surface area contributed by atoms with Crippen molar-refractivity contribution in [3.8, 4) is 0 Å². The first-order valence-corrected chi connectivity index (χ1v) is 8.22. The zero-order valence-electron chi connectivity index (χ0n) is 11.7. The first kappa shape index (κ1) is 14.0. The van der Waals surface area contributed by atoms with Gasteiger partial charge in [-0.15, -0.1) is 0 Å².